The number of pyridine rings is 1. The van der Waals surface area contributed by atoms with E-state index in [2.05, 4.69) is 168 Å². The van der Waals surface area contributed by atoms with Gasteiger partial charge in [0.15, 0.2) is 17.2 Å². The Morgan fingerprint density at radius 1 is 0.452 bits per heavy atom. The molecule has 294 valence electrons. The number of allylic oxidation sites excluding steroid dienone is 3. The minimum atomic E-state index is 0.819. The molecule has 0 N–H and O–H groups in total. The molecule has 9 aromatic carbocycles. The van der Waals surface area contributed by atoms with Crippen LogP contribution < -0.4 is 19.3 Å². The summed E-state index contributed by atoms with van der Waals surface area (Å²) in [6.45, 7) is 4.09. The highest BCUT2D eigenvalue weighted by atomic mass is 16.5. The first-order valence-corrected chi connectivity index (χ1v) is 21.1. The monoisotopic (exact) mass is 797 g/mol. The molecule has 0 unspecified atom stereocenters. The number of nitrogens with zero attached hydrogens (tertiary/aromatic N) is 3. The third-order valence-electron chi connectivity index (χ3n) is 12.3. The van der Waals surface area contributed by atoms with Crippen molar-refractivity contribution >= 4 is 71.5 Å². The number of fused-ring (bicyclic) bond motifs is 7. The van der Waals surface area contributed by atoms with Crippen LogP contribution in [-0.2, 0) is 0 Å². The Morgan fingerprint density at radius 2 is 1.02 bits per heavy atom. The summed E-state index contributed by atoms with van der Waals surface area (Å²) < 4.78 is 12.9. The van der Waals surface area contributed by atoms with Gasteiger partial charge in [0, 0.05) is 28.5 Å². The zero-order chi connectivity index (χ0) is 41.3. The van der Waals surface area contributed by atoms with Gasteiger partial charge in [-0.2, -0.15) is 0 Å². The number of para-hydroxylation sites is 6. The van der Waals surface area contributed by atoms with Crippen LogP contribution in [0.1, 0.15) is 13.8 Å². The molecule has 0 radical (unpaired) electrons. The lowest BCUT2D eigenvalue weighted by Gasteiger charge is -2.34. The Balaban J connectivity index is 1.22. The quantitative estimate of drug-likeness (QED) is 0.162. The van der Waals surface area contributed by atoms with E-state index in [9.17, 15) is 0 Å². The molecular formula is C57H39N3O2. The number of hydrogen-bond donors (Lipinski definition) is 0. The SMILES string of the molecule is C/C=C\C1=C(C)Oc2ccccc2N1c1ccc2c(-c3ccc4ccccc4c3)c3cc(N4c5ccccc5Oc5ccccc54)ccc3c(-c3nccc4ccccc34)c2c1. The van der Waals surface area contributed by atoms with Gasteiger partial charge in [-0.1, -0.05) is 115 Å². The molecule has 0 bridgehead atoms. The molecule has 12 rings (SSSR count). The summed E-state index contributed by atoms with van der Waals surface area (Å²) in [7, 11) is 0. The molecule has 62 heavy (non-hydrogen) atoms. The summed E-state index contributed by atoms with van der Waals surface area (Å²) in [6, 6.07) is 64.9. The molecule has 2 aliphatic rings. The van der Waals surface area contributed by atoms with Gasteiger partial charge in [-0.15, -0.1) is 0 Å². The minimum Gasteiger partial charge on any atom is -0.458 e. The van der Waals surface area contributed by atoms with E-state index >= 15 is 0 Å². The number of benzene rings is 9. The highest BCUT2D eigenvalue weighted by molar-refractivity contribution is 6.24. The van der Waals surface area contributed by atoms with Crippen molar-refractivity contribution in [3.05, 3.63) is 212 Å². The third-order valence-corrected chi connectivity index (χ3v) is 12.3. The fourth-order valence-electron chi connectivity index (χ4n) is 9.56. The third kappa shape index (κ3) is 5.59. The van der Waals surface area contributed by atoms with Crippen LogP contribution in [-0.4, -0.2) is 4.98 Å². The molecule has 0 atom stereocenters. The number of anilines is 5. The van der Waals surface area contributed by atoms with Crippen molar-refractivity contribution in [2.75, 3.05) is 9.80 Å². The summed E-state index contributed by atoms with van der Waals surface area (Å²) >= 11 is 0. The van der Waals surface area contributed by atoms with Crippen LogP contribution in [0.4, 0.5) is 28.4 Å². The summed E-state index contributed by atoms with van der Waals surface area (Å²) in [5, 5.41) is 9.13. The predicted octanol–water partition coefficient (Wildman–Crippen LogP) is 15.9. The normalized spacial score (nSPS) is 13.4. The van der Waals surface area contributed by atoms with E-state index in [1.165, 1.54) is 10.8 Å². The van der Waals surface area contributed by atoms with Gasteiger partial charge >= 0.3 is 0 Å². The molecule has 2 aliphatic heterocycles. The average Bonchev–Trinajstić information content (AvgIpc) is 3.32. The van der Waals surface area contributed by atoms with Crippen molar-refractivity contribution in [1.29, 1.82) is 0 Å². The molecule has 5 nitrogen and oxygen atoms in total. The number of rotatable bonds is 5. The molecule has 0 amide bonds. The van der Waals surface area contributed by atoms with Crippen LogP contribution in [0.15, 0.2) is 212 Å². The minimum absolute atomic E-state index is 0.819. The standard InChI is InChI=1S/C57H39N3O2/c1-3-14-48-36(2)61-52-22-11-8-19-49(52)59(48)41-27-29-44-47(35-41)56(57-43-18-7-6-16-38(43)31-32-58-57)45-30-28-42(34-46(45)55(44)40-26-25-37-15-4-5-17-39(37)33-40)60-50-20-9-12-23-53(50)62-54-24-13-10-21-51(54)60/h3-35H,1-2H3/b14-3-. The first kappa shape index (κ1) is 35.8. The average molecular weight is 798 g/mol. The predicted molar refractivity (Wildman–Crippen MR) is 257 cm³/mol. The second-order valence-electron chi connectivity index (χ2n) is 15.9. The fourth-order valence-corrected chi connectivity index (χ4v) is 9.56. The van der Waals surface area contributed by atoms with E-state index in [1.807, 2.05) is 56.4 Å². The molecule has 0 aliphatic carbocycles. The summed E-state index contributed by atoms with van der Waals surface area (Å²) in [6.07, 6.45) is 6.15. The molecule has 10 aromatic rings. The molecular weight excluding hydrogens is 759 g/mol. The van der Waals surface area contributed by atoms with Crippen LogP contribution in [0, 0.1) is 0 Å². The van der Waals surface area contributed by atoms with Crippen LogP contribution in [0.5, 0.6) is 17.2 Å². The number of ether oxygens (including phenoxy) is 2. The second-order valence-corrected chi connectivity index (χ2v) is 15.9. The van der Waals surface area contributed by atoms with Crippen molar-refractivity contribution in [2.24, 2.45) is 0 Å². The number of hydrogen-bond acceptors (Lipinski definition) is 5. The van der Waals surface area contributed by atoms with Gasteiger partial charge in [-0.05, 0) is 142 Å². The second kappa shape index (κ2) is 14.3. The highest BCUT2D eigenvalue weighted by Crippen LogP contribution is 2.53. The molecule has 1 aromatic heterocycles. The maximum absolute atomic E-state index is 6.47. The van der Waals surface area contributed by atoms with E-state index in [4.69, 9.17) is 14.5 Å². The lowest BCUT2D eigenvalue weighted by molar-refractivity contribution is 0.414. The van der Waals surface area contributed by atoms with Gasteiger partial charge in [0.05, 0.1) is 28.5 Å². The Labute approximate surface area is 359 Å². The Hall–Kier alpha value is -8.15. The Morgan fingerprint density at radius 3 is 1.73 bits per heavy atom. The topological polar surface area (TPSA) is 37.8 Å². The number of aromatic nitrogens is 1. The summed E-state index contributed by atoms with van der Waals surface area (Å²) in [5.74, 6) is 3.30. The van der Waals surface area contributed by atoms with E-state index in [1.54, 1.807) is 0 Å². The molecule has 0 saturated carbocycles. The lowest BCUT2D eigenvalue weighted by Crippen LogP contribution is -2.22. The molecule has 0 fully saturated rings. The van der Waals surface area contributed by atoms with Crippen molar-refractivity contribution < 1.29 is 9.47 Å². The maximum Gasteiger partial charge on any atom is 0.151 e. The van der Waals surface area contributed by atoms with E-state index in [-0.39, 0.29) is 0 Å². The van der Waals surface area contributed by atoms with Gasteiger partial charge in [0.25, 0.3) is 0 Å². The zero-order valence-electron chi connectivity index (χ0n) is 34.2. The first-order valence-electron chi connectivity index (χ1n) is 21.1. The van der Waals surface area contributed by atoms with Crippen LogP contribution in [0.2, 0.25) is 0 Å². The first-order chi connectivity index (χ1) is 30.6. The Kier molecular flexibility index (Phi) is 8.22. The molecule has 5 heteroatoms. The van der Waals surface area contributed by atoms with Gasteiger partial charge < -0.3 is 19.3 Å². The van der Waals surface area contributed by atoms with E-state index in [0.717, 1.165) is 112 Å². The van der Waals surface area contributed by atoms with Gasteiger partial charge in [0.2, 0.25) is 0 Å². The maximum atomic E-state index is 6.47. The molecule has 0 saturated heterocycles. The van der Waals surface area contributed by atoms with Crippen molar-refractivity contribution in [3.8, 4) is 39.6 Å². The van der Waals surface area contributed by atoms with Crippen LogP contribution >= 0.6 is 0 Å². The van der Waals surface area contributed by atoms with Crippen molar-refractivity contribution in [1.82, 2.24) is 4.98 Å². The van der Waals surface area contributed by atoms with Crippen LogP contribution in [0.3, 0.4) is 0 Å². The molecule has 3 heterocycles. The molecule has 0 spiro atoms. The van der Waals surface area contributed by atoms with Gasteiger partial charge in [-0.3, -0.25) is 4.98 Å². The summed E-state index contributed by atoms with van der Waals surface area (Å²) in [4.78, 5) is 9.90. The fraction of sp³-hybridized carbons (Fsp3) is 0.0351. The van der Waals surface area contributed by atoms with Crippen molar-refractivity contribution in [3.63, 3.8) is 0 Å². The van der Waals surface area contributed by atoms with E-state index < -0.39 is 0 Å². The van der Waals surface area contributed by atoms with Crippen molar-refractivity contribution in [2.45, 2.75) is 13.8 Å². The summed E-state index contributed by atoms with van der Waals surface area (Å²) in [5.41, 5.74) is 10.4. The van der Waals surface area contributed by atoms with E-state index in [0.29, 0.717) is 0 Å². The smallest absolute Gasteiger partial charge is 0.151 e. The zero-order valence-corrected chi connectivity index (χ0v) is 34.2. The lowest BCUT2D eigenvalue weighted by atomic mass is 9.85. The Bertz CT molecular complexity index is 3480. The largest absolute Gasteiger partial charge is 0.458 e. The van der Waals surface area contributed by atoms with Gasteiger partial charge in [0.1, 0.15) is 5.76 Å². The van der Waals surface area contributed by atoms with Gasteiger partial charge in [-0.25, -0.2) is 0 Å². The highest BCUT2D eigenvalue weighted by Gasteiger charge is 2.29. The van der Waals surface area contributed by atoms with Crippen LogP contribution in [0.25, 0.3) is 65.5 Å².